The molecule has 0 bridgehead atoms. The Kier molecular flexibility index (Phi) is 8.32. The van der Waals surface area contributed by atoms with Crippen LogP contribution in [0.15, 0.2) is 48.7 Å². The summed E-state index contributed by atoms with van der Waals surface area (Å²) in [6, 6.07) is 8.23. The molecule has 1 fully saturated rings. The second kappa shape index (κ2) is 11.2. The molecule has 1 aromatic heterocycles. The Balaban J connectivity index is 1.72. The normalized spacial score (nSPS) is 18.1. The molecule has 1 aliphatic rings. The highest BCUT2D eigenvalue weighted by Gasteiger charge is 2.37. The molecular formula is C27H26ClF6N5O. The highest BCUT2D eigenvalue weighted by atomic mass is 35.5. The van der Waals surface area contributed by atoms with Gasteiger partial charge in [-0.15, -0.1) is 0 Å². The van der Waals surface area contributed by atoms with Crippen LogP contribution >= 0.6 is 11.6 Å². The minimum atomic E-state index is -5.00. The number of anilines is 1. The molecule has 13 heteroatoms. The fraction of sp³-hybridized carbons (Fsp3) is 0.370. The summed E-state index contributed by atoms with van der Waals surface area (Å²) < 4.78 is 80.0. The van der Waals surface area contributed by atoms with Crippen molar-refractivity contribution >= 4 is 23.5 Å². The van der Waals surface area contributed by atoms with Crippen molar-refractivity contribution in [2.24, 2.45) is 0 Å². The first-order valence-corrected chi connectivity index (χ1v) is 12.7. The number of amides is 1. The van der Waals surface area contributed by atoms with Crippen LogP contribution in [-0.4, -0.2) is 53.0 Å². The third kappa shape index (κ3) is 6.67. The zero-order chi connectivity index (χ0) is 29.4. The third-order valence-electron chi connectivity index (χ3n) is 6.39. The Morgan fingerprint density at radius 1 is 1.02 bits per heavy atom. The van der Waals surface area contributed by atoms with Crippen LogP contribution in [-0.2, 0) is 18.9 Å². The second-order valence-corrected chi connectivity index (χ2v) is 10.3. The maximum atomic E-state index is 13.5. The van der Waals surface area contributed by atoms with Crippen LogP contribution in [0.25, 0.3) is 11.3 Å². The van der Waals surface area contributed by atoms with E-state index in [1.807, 2.05) is 18.7 Å². The molecule has 0 spiro atoms. The van der Waals surface area contributed by atoms with Gasteiger partial charge in [-0.1, -0.05) is 29.8 Å². The molecule has 3 aromatic rings. The Labute approximate surface area is 232 Å². The lowest BCUT2D eigenvalue weighted by Crippen LogP contribution is -2.54. The smallest absolute Gasteiger partial charge is 0.338 e. The number of aromatic nitrogens is 2. The summed E-state index contributed by atoms with van der Waals surface area (Å²) in [6.07, 6.45) is -8.69. The average molecular weight is 586 g/mol. The van der Waals surface area contributed by atoms with E-state index in [1.54, 1.807) is 24.3 Å². The van der Waals surface area contributed by atoms with Crippen LogP contribution in [0.3, 0.4) is 0 Å². The molecule has 40 heavy (non-hydrogen) atoms. The minimum absolute atomic E-state index is 0.00129. The maximum absolute atomic E-state index is 13.5. The number of hydrogen-bond donors (Lipinski definition) is 1. The van der Waals surface area contributed by atoms with Crippen LogP contribution in [0.5, 0.6) is 0 Å². The maximum Gasteiger partial charge on any atom is 0.416 e. The highest BCUT2D eigenvalue weighted by Crippen LogP contribution is 2.37. The van der Waals surface area contributed by atoms with E-state index in [0.717, 1.165) is 4.90 Å². The Morgan fingerprint density at radius 3 is 2.15 bits per heavy atom. The zero-order valence-electron chi connectivity index (χ0n) is 21.7. The summed E-state index contributed by atoms with van der Waals surface area (Å²) in [5.41, 5.74) is -2.62. The summed E-state index contributed by atoms with van der Waals surface area (Å²) in [5, 5.41) is 3.71. The molecule has 2 atom stereocenters. The van der Waals surface area contributed by atoms with Crippen molar-refractivity contribution in [2.45, 2.75) is 44.8 Å². The number of benzene rings is 2. The van der Waals surface area contributed by atoms with E-state index < -0.39 is 35.9 Å². The lowest BCUT2D eigenvalue weighted by atomic mass is 10.0. The largest absolute Gasteiger partial charge is 0.416 e. The summed E-state index contributed by atoms with van der Waals surface area (Å²) in [5.74, 6) is -0.337. The van der Waals surface area contributed by atoms with Crippen molar-refractivity contribution in [1.29, 1.82) is 0 Å². The van der Waals surface area contributed by atoms with Crippen LogP contribution < -0.4 is 10.2 Å². The molecule has 1 N–H and O–H groups in total. The lowest BCUT2D eigenvalue weighted by molar-refractivity contribution is -0.143. The molecule has 1 amide bonds. The molecule has 0 aliphatic carbocycles. The first kappa shape index (κ1) is 29.6. The summed E-state index contributed by atoms with van der Waals surface area (Å²) in [4.78, 5) is 25.6. The Morgan fingerprint density at radius 2 is 1.60 bits per heavy atom. The Hall–Kier alpha value is -3.38. The van der Waals surface area contributed by atoms with Gasteiger partial charge in [-0.25, -0.2) is 9.97 Å². The molecule has 214 valence electrons. The molecule has 1 saturated heterocycles. The van der Waals surface area contributed by atoms with Gasteiger partial charge in [0, 0.05) is 55.5 Å². The minimum Gasteiger partial charge on any atom is -0.338 e. The molecule has 6 nitrogen and oxygen atoms in total. The van der Waals surface area contributed by atoms with Gasteiger partial charge >= 0.3 is 12.4 Å². The molecule has 0 saturated carbocycles. The van der Waals surface area contributed by atoms with Crippen molar-refractivity contribution in [1.82, 2.24) is 20.2 Å². The second-order valence-electron chi connectivity index (χ2n) is 9.86. The zero-order valence-corrected chi connectivity index (χ0v) is 22.5. The molecule has 4 rings (SSSR count). The van der Waals surface area contributed by atoms with Gasteiger partial charge in [0.05, 0.1) is 22.4 Å². The quantitative estimate of drug-likeness (QED) is 0.357. The monoisotopic (exact) mass is 585 g/mol. The number of carbonyl (C=O) groups is 1. The van der Waals surface area contributed by atoms with E-state index in [4.69, 9.17) is 11.6 Å². The van der Waals surface area contributed by atoms with Gasteiger partial charge in [-0.2, -0.15) is 26.3 Å². The SMILES string of the molecule is C[C@@H]1CN(c2ncc(C(=O)N(C)Cc3cc(C(F)(F)F)cc(C(F)(F)F)c3)c(-c3ccccc3Cl)n2)C[C@H](C)N1. The van der Waals surface area contributed by atoms with E-state index in [9.17, 15) is 31.1 Å². The number of carbonyl (C=O) groups excluding carboxylic acids is 1. The predicted molar refractivity (Wildman–Crippen MR) is 139 cm³/mol. The standard InChI is InChI=1S/C27H26ClF6N5O/c1-15-12-39(13-16(2)36-15)25-35-11-21(23(37-25)20-6-4-5-7-22(20)28)24(40)38(3)14-17-8-18(26(29,30)31)10-19(9-17)27(32,33)34/h4-11,15-16,36H,12-14H2,1-3H3/t15-,16+. The van der Waals surface area contributed by atoms with Crippen LogP contribution in [0.2, 0.25) is 5.02 Å². The van der Waals surface area contributed by atoms with Crippen molar-refractivity contribution < 1.29 is 31.1 Å². The highest BCUT2D eigenvalue weighted by molar-refractivity contribution is 6.33. The van der Waals surface area contributed by atoms with Gasteiger partial charge in [-0.05, 0) is 43.7 Å². The predicted octanol–water partition coefficient (Wildman–Crippen LogP) is 6.29. The average Bonchev–Trinajstić information content (AvgIpc) is 2.86. The van der Waals surface area contributed by atoms with Gasteiger partial charge in [-0.3, -0.25) is 4.79 Å². The number of nitrogens with one attached hydrogen (secondary N) is 1. The number of rotatable bonds is 5. The molecule has 0 unspecified atom stereocenters. The van der Waals surface area contributed by atoms with Crippen molar-refractivity contribution in [3.63, 3.8) is 0 Å². The van der Waals surface area contributed by atoms with Gasteiger partial charge in [0.1, 0.15) is 0 Å². The molecule has 2 aromatic carbocycles. The van der Waals surface area contributed by atoms with E-state index in [1.165, 1.54) is 13.2 Å². The van der Waals surface area contributed by atoms with Crippen molar-refractivity contribution in [3.05, 3.63) is 75.9 Å². The molecule has 1 aliphatic heterocycles. The Bertz CT molecular complexity index is 1350. The van der Waals surface area contributed by atoms with Crippen molar-refractivity contribution in [2.75, 3.05) is 25.0 Å². The van der Waals surface area contributed by atoms with Gasteiger partial charge in [0.25, 0.3) is 5.91 Å². The number of alkyl halides is 6. The van der Waals surface area contributed by atoms with Gasteiger partial charge < -0.3 is 15.1 Å². The molecule has 2 heterocycles. The lowest BCUT2D eigenvalue weighted by Gasteiger charge is -2.36. The first-order valence-electron chi connectivity index (χ1n) is 12.3. The van der Waals surface area contributed by atoms with Crippen LogP contribution in [0, 0.1) is 0 Å². The molecular weight excluding hydrogens is 560 g/mol. The summed E-state index contributed by atoms with van der Waals surface area (Å²) in [7, 11) is 1.28. The van der Waals surface area contributed by atoms with Crippen molar-refractivity contribution in [3.8, 4) is 11.3 Å². The topological polar surface area (TPSA) is 61.4 Å². The van der Waals surface area contributed by atoms with Gasteiger partial charge in [0.2, 0.25) is 5.95 Å². The summed E-state index contributed by atoms with van der Waals surface area (Å²) >= 11 is 6.43. The molecule has 0 radical (unpaired) electrons. The third-order valence-corrected chi connectivity index (χ3v) is 6.72. The number of hydrogen-bond acceptors (Lipinski definition) is 5. The number of halogens is 7. The van der Waals surface area contributed by atoms with E-state index in [2.05, 4.69) is 15.3 Å². The fourth-order valence-corrected chi connectivity index (χ4v) is 4.92. The number of piperazine rings is 1. The van der Waals surface area contributed by atoms with Gasteiger partial charge in [0.15, 0.2) is 0 Å². The first-order chi connectivity index (χ1) is 18.6. The van der Waals surface area contributed by atoms with Crippen LogP contribution in [0.4, 0.5) is 32.3 Å². The number of nitrogens with zero attached hydrogens (tertiary/aromatic N) is 4. The summed E-state index contributed by atoms with van der Waals surface area (Å²) in [6.45, 7) is 4.72. The van der Waals surface area contributed by atoms with E-state index in [0.29, 0.717) is 41.8 Å². The van der Waals surface area contributed by atoms with Crippen LogP contribution in [0.1, 0.15) is 40.9 Å². The fourth-order valence-electron chi connectivity index (χ4n) is 4.69. The van der Waals surface area contributed by atoms with E-state index >= 15 is 0 Å². The van der Waals surface area contributed by atoms with E-state index in [-0.39, 0.29) is 35.0 Å².